The van der Waals surface area contributed by atoms with Crippen LogP contribution in [0.3, 0.4) is 0 Å². The topological polar surface area (TPSA) is 72.6 Å². The molecular formula is C12H16N2O4. The van der Waals surface area contributed by atoms with Gasteiger partial charge >= 0.3 is 5.97 Å². The number of rotatable bonds is 5. The Labute approximate surface area is 105 Å². The fraction of sp³-hybridized carbons (Fsp3) is 0.583. The van der Waals surface area contributed by atoms with E-state index in [-0.39, 0.29) is 11.6 Å². The summed E-state index contributed by atoms with van der Waals surface area (Å²) >= 11 is 0. The van der Waals surface area contributed by atoms with Crippen LogP contribution in [0, 0.1) is 0 Å². The number of carbonyl (C=O) groups is 2. The molecule has 0 unspecified atom stereocenters. The summed E-state index contributed by atoms with van der Waals surface area (Å²) in [6.07, 6.45) is 3.76. The quantitative estimate of drug-likeness (QED) is 0.740. The van der Waals surface area contributed by atoms with Gasteiger partial charge in [0.1, 0.15) is 6.26 Å². The van der Waals surface area contributed by atoms with Crippen LogP contribution < -0.4 is 0 Å². The molecule has 0 bridgehead atoms. The van der Waals surface area contributed by atoms with Crippen LogP contribution in [0.1, 0.15) is 42.6 Å². The first-order valence-electron chi connectivity index (χ1n) is 5.98. The molecule has 0 radical (unpaired) electrons. The molecule has 1 aliphatic rings. The molecule has 1 heterocycles. The minimum absolute atomic E-state index is 0.0790. The van der Waals surface area contributed by atoms with Gasteiger partial charge in [-0.1, -0.05) is 6.92 Å². The third-order valence-corrected chi connectivity index (χ3v) is 2.86. The number of hydrogen-bond donors (Lipinski definition) is 0. The number of aromatic nitrogens is 1. The predicted molar refractivity (Wildman–Crippen MR) is 61.7 cm³/mol. The van der Waals surface area contributed by atoms with Crippen LogP contribution in [0.2, 0.25) is 0 Å². The number of amides is 1. The summed E-state index contributed by atoms with van der Waals surface area (Å²) in [6, 6.07) is 0.297. The van der Waals surface area contributed by atoms with Crippen LogP contribution in [0.5, 0.6) is 0 Å². The lowest BCUT2D eigenvalue weighted by Gasteiger charge is -2.19. The number of ether oxygens (including phenoxy) is 1. The fourth-order valence-corrected chi connectivity index (χ4v) is 1.74. The van der Waals surface area contributed by atoms with Gasteiger partial charge in [-0.05, 0) is 12.8 Å². The van der Waals surface area contributed by atoms with Gasteiger partial charge in [-0.2, -0.15) is 0 Å². The van der Waals surface area contributed by atoms with Gasteiger partial charge in [-0.3, -0.25) is 4.79 Å². The van der Waals surface area contributed by atoms with Crippen molar-refractivity contribution in [2.45, 2.75) is 38.8 Å². The molecule has 1 aromatic heterocycles. The second-order valence-corrected chi connectivity index (χ2v) is 4.22. The predicted octanol–water partition coefficient (Wildman–Crippen LogP) is 1.36. The molecule has 0 saturated heterocycles. The van der Waals surface area contributed by atoms with E-state index in [1.807, 2.05) is 6.92 Å². The van der Waals surface area contributed by atoms with Gasteiger partial charge in [0.05, 0.1) is 13.7 Å². The third-order valence-electron chi connectivity index (χ3n) is 2.86. The Morgan fingerprint density at radius 3 is 2.83 bits per heavy atom. The summed E-state index contributed by atoms with van der Waals surface area (Å²) in [7, 11) is 1.29. The largest absolute Gasteiger partial charge is 0.464 e. The molecule has 1 amide bonds. The molecular weight excluding hydrogens is 236 g/mol. The summed E-state index contributed by atoms with van der Waals surface area (Å²) in [4.78, 5) is 28.8. The minimum atomic E-state index is -0.537. The van der Waals surface area contributed by atoms with Crippen molar-refractivity contribution in [3.63, 3.8) is 0 Å². The zero-order valence-corrected chi connectivity index (χ0v) is 10.5. The number of methoxy groups -OCH3 is 1. The normalized spacial score (nSPS) is 14.3. The number of hydrogen-bond acceptors (Lipinski definition) is 5. The average Bonchev–Trinajstić information content (AvgIpc) is 3.13. The lowest BCUT2D eigenvalue weighted by atomic mass is 10.3. The summed E-state index contributed by atoms with van der Waals surface area (Å²) in [5.41, 5.74) is 0.132. The van der Waals surface area contributed by atoms with Crippen LogP contribution in [0.15, 0.2) is 10.7 Å². The highest BCUT2D eigenvalue weighted by atomic mass is 16.5. The highest BCUT2D eigenvalue weighted by molar-refractivity contribution is 5.86. The summed E-state index contributed by atoms with van der Waals surface area (Å²) in [5.74, 6) is -0.0933. The van der Waals surface area contributed by atoms with E-state index < -0.39 is 5.97 Å². The van der Waals surface area contributed by atoms with Crippen molar-refractivity contribution in [3.05, 3.63) is 17.8 Å². The molecule has 6 heteroatoms. The molecule has 1 saturated carbocycles. The molecule has 18 heavy (non-hydrogen) atoms. The molecule has 0 aliphatic heterocycles. The Kier molecular flexibility index (Phi) is 3.64. The SMILES string of the molecule is CCC(=O)N(Cc1nc(C(=O)OC)co1)C1CC1. The maximum atomic E-state index is 11.8. The Hall–Kier alpha value is -1.85. The maximum absolute atomic E-state index is 11.8. The van der Waals surface area contributed by atoms with Gasteiger partial charge in [0.15, 0.2) is 5.69 Å². The van der Waals surface area contributed by atoms with Crippen molar-refractivity contribution in [1.82, 2.24) is 9.88 Å². The van der Waals surface area contributed by atoms with Crippen LogP contribution in [0.25, 0.3) is 0 Å². The standard InChI is InChI=1S/C12H16N2O4/c1-3-11(15)14(8-4-5-8)6-10-13-9(7-18-10)12(16)17-2/h7-8H,3-6H2,1-2H3. The molecule has 0 N–H and O–H groups in total. The zero-order valence-electron chi connectivity index (χ0n) is 10.5. The van der Waals surface area contributed by atoms with Gasteiger partial charge in [0.2, 0.25) is 11.8 Å². The van der Waals surface area contributed by atoms with Gasteiger partial charge in [-0.15, -0.1) is 0 Å². The van der Waals surface area contributed by atoms with Crippen molar-refractivity contribution >= 4 is 11.9 Å². The smallest absolute Gasteiger partial charge is 0.360 e. The summed E-state index contributed by atoms with van der Waals surface area (Å²) < 4.78 is 9.73. The van der Waals surface area contributed by atoms with Gasteiger partial charge in [0, 0.05) is 12.5 Å². The third kappa shape index (κ3) is 2.69. The van der Waals surface area contributed by atoms with E-state index in [0.717, 1.165) is 12.8 Å². The fourth-order valence-electron chi connectivity index (χ4n) is 1.74. The van der Waals surface area contributed by atoms with Crippen molar-refractivity contribution < 1.29 is 18.7 Å². The Balaban J connectivity index is 2.05. The van der Waals surface area contributed by atoms with Crippen LogP contribution in [-0.2, 0) is 16.1 Å². The lowest BCUT2D eigenvalue weighted by molar-refractivity contribution is -0.132. The first kappa shape index (κ1) is 12.6. The maximum Gasteiger partial charge on any atom is 0.360 e. The van der Waals surface area contributed by atoms with E-state index >= 15 is 0 Å². The Bertz CT molecular complexity index is 451. The van der Waals surface area contributed by atoms with Crippen LogP contribution in [-0.4, -0.2) is 34.9 Å². The summed E-state index contributed by atoms with van der Waals surface area (Å²) in [5, 5.41) is 0. The molecule has 0 atom stereocenters. The monoisotopic (exact) mass is 252 g/mol. The second-order valence-electron chi connectivity index (χ2n) is 4.22. The molecule has 6 nitrogen and oxygen atoms in total. The summed E-state index contributed by atoms with van der Waals surface area (Å²) in [6.45, 7) is 2.14. The second kappa shape index (κ2) is 5.20. The van der Waals surface area contributed by atoms with E-state index in [4.69, 9.17) is 4.42 Å². The van der Waals surface area contributed by atoms with Crippen LogP contribution >= 0.6 is 0 Å². The van der Waals surface area contributed by atoms with Crippen molar-refractivity contribution in [3.8, 4) is 0 Å². The first-order valence-corrected chi connectivity index (χ1v) is 5.98. The van der Waals surface area contributed by atoms with Gasteiger partial charge in [0.25, 0.3) is 0 Å². The molecule has 1 aromatic rings. The molecule has 1 aliphatic carbocycles. The van der Waals surface area contributed by atoms with Gasteiger partial charge < -0.3 is 14.1 Å². The van der Waals surface area contributed by atoms with Gasteiger partial charge in [-0.25, -0.2) is 9.78 Å². The van der Waals surface area contributed by atoms with Crippen molar-refractivity contribution in [2.75, 3.05) is 7.11 Å². The molecule has 2 rings (SSSR count). The van der Waals surface area contributed by atoms with E-state index in [1.165, 1.54) is 13.4 Å². The molecule has 0 aromatic carbocycles. The number of esters is 1. The van der Waals surface area contributed by atoms with Crippen LogP contribution in [0.4, 0.5) is 0 Å². The highest BCUT2D eigenvalue weighted by Crippen LogP contribution is 2.28. The Morgan fingerprint density at radius 2 is 2.28 bits per heavy atom. The molecule has 0 spiro atoms. The number of carbonyl (C=O) groups excluding carboxylic acids is 2. The van der Waals surface area contributed by atoms with E-state index in [0.29, 0.717) is 24.9 Å². The highest BCUT2D eigenvalue weighted by Gasteiger charge is 2.32. The van der Waals surface area contributed by atoms with E-state index in [2.05, 4.69) is 9.72 Å². The molecule has 98 valence electrons. The van der Waals surface area contributed by atoms with E-state index in [1.54, 1.807) is 4.90 Å². The minimum Gasteiger partial charge on any atom is -0.464 e. The van der Waals surface area contributed by atoms with E-state index in [9.17, 15) is 9.59 Å². The first-order chi connectivity index (χ1) is 8.65. The number of nitrogens with zero attached hydrogens (tertiary/aromatic N) is 2. The average molecular weight is 252 g/mol. The lowest BCUT2D eigenvalue weighted by Crippen LogP contribution is -2.32. The Morgan fingerprint density at radius 1 is 1.56 bits per heavy atom. The molecule has 1 fully saturated rings. The van der Waals surface area contributed by atoms with Crippen molar-refractivity contribution in [2.24, 2.45) is 0 Å². The van der Waals surface area contributed by atoms with Crippen molar-refractivity contribution in [1.29, 1.82) is 0 Å². The zero-order chi connectivity index (χ0) is 13.1. The number of oxazole rings is 1.